The number of carbonyl (C=O) groups is 4. The van der Waals surface area contributed by atoms with Crippen molar-refractivity contribution in [2.24, 2.45) is 11.7 Å². The van der Waals surface area contributed by atoms with Crippen LogP contribution in [0, 0.1) is 5.92 Å². The van der Waals surface area contributed by atoms with Crippen LogP contribution in [0.5, 0.6) is 0 Å². The number of carbonyl (C=O) groups excluding carboxylic acids is 4. The predicted octanol–water partition coefficient (Wildman–Crippen LogP) is 1.26. The third-order valence-corrected chi connectivity index (χ3v) is 4.64. The summed E-state index contributed by atoms with van der Waals surface area (Å²) in [6, 6.07) is 5.00. The van der Waals surface area contributed by atoms with E-state index in [1.807, 2.05) is 20.8 Å². The normalized spacial score (nSPS) is 12.5. The van der Waals surface area contributed by atoms with Gasteiger partial charge in [0, 0.05) is 19.2 Å². The van der Waals surface area contributed by atoms with Crippen LogP contribution in [-0.2, 0) is 25.7 Å². The average Bonchev–Trinajstić information content (AvgIpc) is 2.72. The lowest BCUT2D eigenvalue weighted by Crippen LogP contribution is -2.53. The molecular weight excluding hydrogens is 414 g/mol. The number of nitrogens with one attached hydrogen (secondary N) is 4. The van der Waals surface area contributed by atoms with Crippen molar-refractivity contribution in [3.05, 3.63) is 29.8 Å². The van der Waals surface area contributed by atoms with E-state index in [0.29, 0.717) is 31.6 Å². The van der Waals surface area contributed by atoms with Gasteiger partial charge in [0.05, 0.1) is 6.04 Å². The summed E-state index contributed by atoms with van der Waals surface area (Å²) in [5, 5.41) is 11.2. The fourth-order valence-corrected chi connectivity index (χ4v) is 3.00. The van der Waals surface area contributed by atoms with Crippen molar-refractivity contribution in [3.8, 4) is 0 Å². The molecule has 1 rings (SSSR count). The molecule has 32 heavy (non-hydrogen) atoms. The van der Waals surface area contributed by atoms with Gasteiger partial charge in [-0.1, -0.05) is 32.9 Å². The maximum absolute atomic E-state index is 12.9. The van der Waals surface area contributed by atoms with E-state index in [1.54, 1.807) is 24.3 Å². The smallest absolute Gasteiger partial charge is 0.312 e. The highest BCUT2D eigenvalue weighted by Crippen LogP contribution is 2.12. The number of hydrogen-bond acceptors (Lipinski definition) is 6. The Morgan fingerprint density at radius 1 is 1.06 bits per heavy atom. The molecule has 0 fully saturated rings. The van der Waals surface area contributed by atoms with Crippen LogP contribution in [0.2, 0.25) is 0 Å². The zero-order valence-electron chi connectivity index (χ0n) is 19.2. The van der Waals surface area contributed by atoms with E-state index in [2.05, 4.69) is 21.3 Å². The Kier molecular flexibility index (Phi) is 11.8. The second-order valence-corrected chi connectivity index (χ2v) is 7.74. The fraction of sp³-hybridized carbons (Fsp3) is 0.545. The van der Waals surface area contributed by atoms with E-state index in [9.17, 15) is 19.2 Å². The third kappa shape index (κ3) is 10.3. The lowest BCUT2D eigenvalue weighted by molar-refractivity contribution is -0.142. The molecule has 1 unspecified atom stereocenters. The molecule has 0 aliphatic rings. The number of likely N-dealkylation sites (N-methyl/N-ethyl adjacent to an activating group) is 1. The maximum atomic E-state index is 12.9. The Hall–Kier alpha value is -3.14. The Morgan fingerprint density at radius 3 is 2.25 bits per heavy atom. The van der Waals surface area contributed by atoms with Gasteiger partial charge in [-0.3, -0.25) is 14.4 Å². The van der Waals surface area contributed by atoms with Crippen molar-refractivity contribution in [2.75, 3.05) is 18.4 Å². The van der Waals surface area contributed by atoms with Gasteiger partial charge in [-0.2, -0.15) is 0 Å². The molecule has 10 nitrogen and oxygen atoms in total. The topological polar surface area (TPSA) is 152 Å². The summed E-state index contributed by atoms with van der Waals surface area (Å²) in [6.45, 7) is 8.16. The van der Waals surface area contributed by atoms with Crippen LogP contribution in [-0.4, -0.2) is 49.0 Å². The average molecular weight is 450 g/mol. The van der Waals surface area contributed by atoms with Gasteiger partial charge in [-0.05, 0) is 43.0 Å². The van der Waals surface area contributed by atoms with Gasteiger partial charge in [0.2, 0.25) is 11.8 Å². The standard InChI is InChI=1S/C22H35N5O5/c1-5-24-19(14(2)3)21(30)27-18(7-6-12-25-22(23)31)20(29)26-17-10-8-16(9-11-17)13-32-15(4)28/h8-11,14,18-19,24H,5-7,12-13H2,1-4H3,(H,26,29)(H,27,30)(H3,23,25,31)/t18?,19-/m1/s1. The number of rotatable bonds is 13. The van der Waals surface area contributed by atoms with Crippen molar-refractivity contribution in [1.29, 1.82) is 0 Å². The van der Waals surface area contributed by atoms with Gasteiger partial charge in [-0.25, -0.2) is 4.79 Å². The fourth-order valence-electron chi connectivity index (χ4n) is 3.00. The van der Waals surface area contributed by atoms with Gasteiger partial charge in [-0.15, -0.1) is 0 Å². The number of esters is 1. The molecule has 0 aliphatic heterocycles. The van der Waals surface area contributed by atoms with Crippen molar-refractivity contribution < 1.29 is 23.9 Å². The number of urea groups is 1. The molecule has 0 heterocycles. The molecule has 2 atom stereocenters. The molecule has 0 saturated carbocycles. The minimum absolute atomic E-state index is 0.0416. The molecule has 0 aliphatic carbocycles. The summed E-state index contributed by atoms with van der Waals surface area (Å²) in [7, 11) is 0. The van der Waals surface area contributed by atoms with Crippen LogP contribution in [0.25, 0.3) is 0 Å². The van der Waals surface area contributed by atoms with Gasteiger partial charge >= 0.3 is 12.0 Å². The summed E-state index contributed by atoms with van der Waals surface area (Å²) < 4.78 is 4.95. The summed E-state index contributed by atoms with van der Waals surface area (Å²) in [5.74, 6) is -0.963. The summed E-state index contributed by atoms with van der Waals surface area (Å²) in [5.41, 5.74) is 6.40. The van der Waals surface area contributed by atoms with E-state index in [0.717, 1.165) is 5.56 Å². The first-order valence-corrected chi connectivity index (χ1v) is 10.7. The zero-order valence-corrected chi connectivity index (χ0v) is 19.2. The molecule has 0 spiro atoms. The Morgan fingerprint density at radius 2 is 1.72 bits per heavy atom. The molecular formula is C22H35N5O5. The highest BCUT2D eigenvalue weighted by Gasteiger charge is 2.27. The molecule has 6 N–H and O–H groups in total. The second-order valence-electron chi connectivity index (χ2n) is 7.74. The summed E-state index contributed by atoms with van der Waals surface area (Å²) >= 11 is 0. The number of benzene rings is 1. The molecule has 0 saturated heterocycles. The van der Waals surface area contributed by atoms with Crippen LogP contribution >= 0.6 is 0 Å². The van der Waals surface area contributed by atoms with Gasteiger partial charge in [0.1, 0.15) is 12.6 Å². The lowest BCUT2D eigenvalue weighted by Gasteiger charge is -2.25. The highest BCUT2D eigenvalue weighted by atomic mass is 16.5. The quantitative estimate of drug-likeness (QED) is 0.226. The van der Waals surface area contributed by atoms with Gasteiger partial charge in [0.25, 0.3) is 0 Å². The van der Waals surface area contributed by atoms with Crippen molar-refractivity contribution in [2.45, 2.75) is 59.2 Å². The van der Waals surface area contributed by atoms with Crippen LogP contribution < -0.4 is 27.0 Å². The molecule has 0 radical (unpaired) electrons. The van der Waals surface area contributed by atoms with E-state index in [4.69, 9.17) is 10.5 Å². The third-order valence-electron chi connectivity index (χ3n) is 4.64. The van der Waals surface area contributed by atoms with Crippen LogP contribution in [0.4, 0.5) is 10.5 Å². The number of anilines is 1. The summed E-state index contributed by atoms with van der Waals surface area (Å²) in [6.07, 6.45) is 0.773. The monoisotopic (exact) mass is 449 g/mol. The number of hydrogen-bond donors (Lipinski definition) is 5. The van der Waals surface area contributed by atoms with Crippen LogP contribution in [0.1, 0.15) is 46.1 Å². The van der Waals surface area contributed by atoms with Gasteiger partial charge < -0.3 is 31.7 Å². The Bertz CT molecular complexity index is 766. The Balaban J connectivity index is 2.82. The number of primary amides is 1. The van der Waals surface area contributed by atoms with Gasteiger partial charge in [0.15, 0.2) is 0 Å². The van der Waals surface area contributed by atoms with Crippen molar-refractivity contribution >= 4 is 29.5 Å². The highest BCUT2D eigenvalue weighted by molar-refractivity contribution is 5.97. The van der Waals surface area contributed by atoms with Crippen molar-refractivity contribution in [1.82, 2.24) is 16.0 Å². The second kappa shape index (κ2) is 14.0. The number of ether oxygens (including phenoxy) is 1. The van der Waals surface area contributed by atoms with E-state index in [-0.39, 0.29) is 30.3 Å². The van der Waals surface area contributed by atoms with E-state index < -0.39 is 18.1 Å². The lowest BCUT2D eigenvalue weighted by atomic mass is 10.0. The van der Waals surface area contributed by atoms with E-state index in [1.165, 1.54) is 6.92 Å². The first-order chi connectivity index (χ1) is 15.1. The largest absolute Gasteiger partial charge is 0.461 e. The molecule has 0 bridgehead atoms. The minimum atomic E-state index is -0.794. The Labute approximate surface area is 189 Å². The molecule has 178 valence electrons. The predicted molar refractivity (Wildman–Crippen MR) is 122 cm³/mol. The maximum Gasteiger partial charge on any atom is 0.312 e. The SMILES string of the molecule is CCN[C@@H](C(=O)NC(CCCNC(N)=O)C(=O)Nc1ccc(COC(C)=O)cc1)C(C)C. The molecule has 1 aromatic carbocycles. The number of amides is 4. The van der Waals surface area contributed by atoms with Crippen molar-refractivity contribution in [3.63, 3.8) is 0 Å². The minimum Gasteiger partial charge on any atom is -0.461 e. The van der Waals surface area contributed by atoms with Crippen LogP contribution in [0.3, 0.4) is 0 Å². The zero-order chi connectivity index (χ0) is 24.1. The molecule has 1 aromatic rings. The first kappa shape index (κ1) is 26.9. The first-order valence-electron chi connectivity index (χ1n) is 10.7. The number of nitrogens with two attached hydrogens (primary N) is 1. The van der Waals surface area contributed by atoms with E-state index >= 15 is 0 Å². The molecule has 10 heteroatoms. The summed E-state index contributed by atoms with van der Waals surface area (Å²) in [4.78, 5) is 47.5. The molecule has 0 aromatic heterocycles. The van der Waals surface area contributed by atoms with Crippen LogP contribution in [0.15, 0.2) is 24.3 Å². The molecule has 4 amide bonds.